The predicted molar refractivity (Wildman–Crippen MR) is 73.8 cm³/mol. The third kappa shape index (κ3) is 3.17. The summed E-state index contributed by atoms with van der Waals surface area (Å²) in [6, 6.07) is 6.34. The fourth-order valence-corrected chi connectivity index (χ4v) is 2.65. The summed E-state index contributed by atoms with van der Waals surface area (Å²) in [6.45, 7) is -0.860. The van der Waals surface area contributed by atoms with Crippen molar-refractivity contribution in [3.63, 3.8) is 0 Å². The molecule has 1 atom stereocenters. The molecule has 0 aliphatic carbocycles. The maximum absolute atomic E-state index is 13.1. The number of nitrogens with zero attached hydrogens (tertiary/aromatic N) is 1. The van der Waals surface area contributed by atoms with E-state index in [2.05, 4.69) is 0 Å². The van der Waals surface area contributed by atoms with Gasteiger partial charge in [-0.3, -0.25) is 9.59 Å². The summed E-state index contributed by atoms with van der Waals surface area (Å²) in [4.78, 5) is 24.4. The van der Waals surface area contributed by atoms with Gasteiger partial charge in [0.1, 0.15) is 0 Å². The minimum Gasteiger partial charge on any atom is -0.481 e. The van der Waals surface area contributed by atoms with Crippen LogP contribution < -0.4 is 0 Å². The van der Waals surface area contributed by atoms with E-state index in [0.29, 0.717) is 5.56 Å². The van der Waals surface area contributed by atoms with Gasteiger partial charge in [-0.05, 0) is 24.1 Å². The highest BCUT2D eigenvalue weighted by atomic mass is 19.4. The summed E-state index contributed by atoms with van der Waals surface area (Å²) in [5.41, 5.74) is -1.98. The number of methoxy groups -OCH3 is 1. The summed E-state index contributed by atoms with van der Waals surface area (Å²) in [5.74, 6) is -2.57. The number of halogens is 3. The normalized spacial score (nSPS) is 21.5. The van der Waals surface area contributed by atoms with Crippen LogP contribution in [0.5, 0.6) is 0 Å². The zero-order valence-electron chi connectivity index (χ0n) is 12.4. The van der Waals surface area contributed by atoms with Crippen LogP contribution in [0.15, 0.2) is 24.3 Å². The molecule has 1 amide bonds. The highest BCUT2D eigenvalue weighted by molar-refractivity contribution is 5.95. The van der Waals surface area contributed by atoms with Crippen LogP contribution in [0.3, 0.4) is 0 Å². The Kier molecular flexibility index (Phi) is 4.65. The molecule has 0 spiro atoms. The van der Waals surface area contributed by atoms with Crippen molar-refractivity contribution in [2.75, 3.05) is 20.2 Å². The zero-order valence-corrected chi connectivity index (χ0v) is 12.4. The molecule has 0 aromatic heterocycles. The van der Waals surface area contributed by atoms with Gasteiger partial charge in [0.05, 0.1) is 6.61 Å². The Bertz CT molecular complexity index is 617. The Morgan fingerprint density at radius 2 is 2.09 bits per heavy atom. The van der Waals surface area contributed by atoms with Crippen LogP contribution in [-0.4, -0.2) is 48.3 Å². The molecule has 1 heterocycles. The van der Waals surface area contributed by atoms with E-state index in [1.54, 1.807) is 12.1 Å². The summed E-state index contributed by atoms with van der Waals surface area (Å²) in [6.07, 6.45) is -5.55. The Morgan fingerprint density at radius 3 is 2.61 bits per heavy atom. The van der Waals surface area contributed by atoms with Crippen molar-refractivity contribution in [2.45, 2.75) is 19.2 Å². The molecule has 0 saturated carbocycles. The van der Waals surface area contributed by atoms with Crippen LogP contribution in [0.2, 0.25) is 0 Å². The molecule has 5 nitrogen and oxygen atoms in total. The van der Waals surface area contributed by atoms with Crippen molar-refractivity contribution in [2.24, 2.45) is 5.41 Å². The first-order chi connectivity index (χ1) is 10.7. The van der Waals surface area contributed by atoms with E-state index in [9.17, 15) is 22.8 Å². The van der Waals surface area contributed by atoms with Crippen molar-refractivity contribution in [3.05, 3.63) is 35.4 Å². The number of carbonyl (C=O) groups excluding carboxylic acids is 1. The molecular formula is C15H16F3NO4. The van der Waals surface area contributed by atoms with Gasteiger partial charge in [0.15, 0.2) is 5.41 Å². The second-order valence-electron chi connectivity index (χ2n) is 5.50. The van der Waals surface area contributed by atoms with Gasteiger partial charge in [-0.25, -0.2) is 0 Å². The minimum atomic E-state index is -4.91. The number of carbonyl (C=O) groups is 2. The fourth-order valence-electron chi connectivity index (χ4n) is 2.65. The van der Waals surface area contributed by atoms with E-state index in [1.807, 2.05) is 0 Å². The van der Waals surface area contributed by atoms with E-state index in [4.69, 9.17) is 9.84 Å². The maximum atomic E-state index is 13.1. The van der Waals surface area contributed by atoms with Crippen LogP contribution >= 0.6 is 0 Å². The molecule has 0 bridgehead atoms. The highest BCUT2D eigenvalue weighted by Gasteiger charge is 2.64. The van der Waals surface area contributed by atoms with Gasteiger partial charge in [0.25, 0.3) is 5.91 Å². The molecule has 1 unspecified atom stereocenters. The number of benzene rings is 1. The first kappa shape index (κ1) is 17.3. The smallest absolute Gasteiger partial charge is 0.406 e. The van der Waals surface area contributed by atoms with Crippen LogP contribution in [0.25, 0.3) is 0 Å². The number of hydrogen-bond acceptors (Lipinski definition) is 3. The quantitative estimate of drug-likeness (QED) is 0.919. The molecule has 1 aromatic carbocycles. The lowest BCUT2D eigenvalue weighted by Gasteiger charge is -2.27. The second-order valence-corrected chi connectivity index (χ2v) is 5.50. The molecule has 1 saturated heterocycles. The topological polar surface area (TPSA) is 66.8 Å². The van der Waals surface area contributed by atoms with Gasteiger partial charge in [0, 0.05) is 25.8 Å². The first-order valence-electron chi connectivity index (χ1n) is 6.88. The van der Waals surface area contributed by atoms with Crippen molar-refractivity contribution < 1.29 is 32.6 Å². The number of aliphatic carboxylic acids is 1. The van der Waals surface area contributed by atoms with E-state index in [-0.39, 0.29) is 18.7 Å². The molecule has 1 aliphatic heterocycles. The number of likely N-dealkylation sites (tertiary alicyclic amines) is 1. The van der Waals surface area contributed by atoms with Crippen molar-refractivity contribution in [3.8, 4) is 0 Å². The number of carboxylic acids is 1. The summed E-state index contributed by atoms with van der Waals surface area (Å²) < 4.78 is 44.4. The molecule has 1 fully saturated rings. The predicted octanol–water partition coefficient (Wildman–Crippen LogP) is 2.31. The third-order valence-corrected chi connectivity index (χ3v) is 3.99. The van der Waals surface area contributed by atoms with E-state index < -0.39 is 36.4 Å². The van der Waals surface area contributed by atoms with Crippen molar-refractivity contribution in [1.82, 2.24) is 4.90 Å². The molecule has 1 aromatic rings. The van der Waals surface area contributed by atoms with Gasteiger partial charge in [-0.1, -0.05) is 12.1 Å². The number of carboxylic acid groups (broad SMARTS) is 1. The molecule has 2 rings (SSSR count). The molecule has 126 valence electrons. The van der Waals surface area contributed by atoms with Crippen molar-refractivity contribution >= 4 is 11.9 Å². The number of alkyl halides is 3. The lowest BCUT2D eigenvalue weighted by molar-refractivity contribution is -0.227. The first-order valence-corrected chi connectivity index (χ1v) is 6.88. The van der Waals surface area contributed by atoms with Gasteiger partial charge >= 0.3 is 12.1 Å². The molecule has 8 heteroatoms. The van der Waals surface area contributed by atoms with Crippen LogP contribution in [0.1, 0.15) is 22.3 Å². The number of amides is 1. The Hall–Kier alpha value is -2.09. The second kappa shape index (κ2) is 6.19. The molecule has 1 aliphatic rings. The highest BCUT2D eigenvalue weighted by Crippen LogP contribution is 2.45. The molecular weight excluding hydrogens is 315 g/mol. The Balaban J connectivity index is 2.22. The lowest BCUT2D eigenvalue weighted by Crippen LogP contribution is -2.47. The summed E-state index contributed by atoms with van der Waals surface area (Å²) >= 11 is 0. The monoisotopic (exact) mass is 331 g/mol. The number of rotatable bonds is 4. The summed E-state index contributed by atoms with van der Waals surface area (Å²) in [5, 5.41) is 9.01. The SMILES string of the molecule is COCc1cccc(C(=O)N2CCC(C(=O)O)(C(F)(F)F)C2)c1. The van der Waals surface area contributed by atoms with Crippen LogP contribution in [-0.2, 0) is 16.1 Å². The minimum absolute atomic E-state index is 0.211. The van der Waals surface area contributed by atoms with E-state index in [1.165, 1.54) is 19.2 Å². The van der Waals surface area contributed by atoms with E-state index >= 15 is 0 Å². The van der Waals surface area contributed by atoms with Gasteiger partial charge < -0.3 is 14.7 Å². The Labute approximate surface area is 130 Å². The standard InChI is InChI=1S/C15H16F3NO4/c1-23-8-10-3-2-4-11(7-10)12(20)19-6-5-14(9-19,13(21)22)15(16,17)18/h2-4,7H,5-6,8-9H2,1H3,(H,21,22). The van der Waals surface area contributed by atoms with Crippen molar-refractivity contribution in [1.29, 1.82) is 0 Å². The Morgan fingerprint density at radius 1 is 1.39 bits per heavy atom. The molecule has 23 heavy (non-hydrogen) atoms. The number of ether oxygens (including phenoxy) is 1. The van der Waals surface area contributed by atoms with Crippen LogP contribution in [0, 0.1) is 5.41 Å². The van der Waals surface area contributed by atoms with E-state index in [0.717, 1.165) is 4.90 Å². The average Bonchev–Trinajstić information content (AvgIpc) is 2.93. The number of hydrogen-bond donors (Lipinski definition) is 1. The van der Waals surface area contributed by atoms with Gasteiger partial charge in [-0.2, -0.15) is 13.2 Å². The molecule has 1 N–H and O–H groups in total. The fraction of sp³-hybridized carbons (Fsp3) is 0.467. The largest absolute Gasteiger partial charge is 0.481 e. The lowest BCUT2D eigenvalue weighted by atomic mass is 9.86. The zero-order chi connectivity index (χ0) is 17.3. The maximum Gasteiger partial charge on any atom is 0.406 e. The van der Waals surface area contributed by atoms with Gasteiger partial charge in [-0.15, -0.1) is 0 Å². The van der Waals surface area contributed by atoms with Crippen LogP contribution in [0.4, 0.5) is 13.2 Å². The van der Waals surface area contributed by atoms with Gasteiger partial charge in [0.2, 0.25) is 0 Å². The molecule has 0 radical (unpaired) electrons. The summed E-state index contributed by atoms with van der Waals surface area (Å²) in [7, 11) is 1.49. The average molecular weight is 331 g/mol. The third-order valence-electron chi connectivity index (χ3n) is 3.99.